The molecule has 0 amide bonds. The second-order valence-corrected chi connectivity index (χ2v) is 4.00. The van der Waals surface area contributed by atoms with Crippen LogP contribution in [-0.4, -0.2) is 36.6 Å². The molecule has 0 spiro atoms. The van der Waals surface area contributed by atoms with E-state index in [1.54, 1.807) is 0 Å². The Morgan fingerprint density at radius 3 is 2.83 bits per heavy atom. The molecule has 1 heterocycles. The van der Waals surface area contributed by atoms with Gasteiger partial charge in [-0.05, 0) is 39.8 Å². The highest BCUT2D eigenvalue weighted by Gasteiger charge is 2.17. The van der Waals surface area contributed by atoms with Gasteiger partial charge >= 0.3 is 0 Å². The Hall–Kier alpha value is -0.0800. The molecule has 1 aliphatic heterocycles. The van der Waals surface area contributed by atoms with Crippen LogP contribution < -0.4 is 5.32 Å². The summed E-state index contributed by atoms with van der Waals surface area (Å²) in [6.07, 6.45) is 2.55. The first-order valence-corrected chi connectivity index (χ1v) is 5.21. The molecule has 1 N–H and O–H groups in total. The normalized spacial score (nSPS) is 27.5. The third-order valence-corrected chi connectivity index (χ3v) is 2.73. The highest BCUT2D eigenvalue weighted by molar-refractivity contribution is 4.76. The van der Waals surface area contributed by atoms with Gasteiger partial charge < -0.3 is 5.32 Å². The summed E-state index contributed by atoms with van der Waals surface area (Å²) in [5.74, 6) is 0. The number of rotatable bonds is 2. The average Bonchev–Trinajstić information content (AvgIpc) is 2.28. The summed E-state index contributed by atoms with van der Waals surface area (Å²) < 4.78 is 0. The molecular weight excluding hydrogens is 148 g/mol. The second-order valence-electron chi connectivity index (χ2n) is 4.00. The van der Waals surface area contributed by atoms with Crippen LogP contribution in [0, 0.1) is 0 Å². The van der Waals surface area contributed by atoms with Gasteiger partial charge in [0, 0.05) is 18.6 Å². The Bertz CT molecular complexity index is 123. The zero-order chi connectivity index (χ0) is 8.97. The molecule has 0 bridgehead atoms. The molecule has 0 aliphatic carbocycles. The van der Waals surface area contributed by atoms with Crippen LogP contribution in [0.1, 0.15) is 33.6 Å². The predicted octanol–water partition coefficient (Wildman–Crippen LogP) is 1.47. The van der Waals surface area contributed by atoms with E-state index in [0.29, 0.717) is 6.04 Å². The average molecular weight is 170 g/mol. The zero-order valence-electron chi connectivity index (χ0n) is 8.64. The van der Waals surface area contributed by atoms with Crippen molar-refractivity contribution in [3.05, 3.63) is 0 Å². The molecule has 0 radical (unpaired) electrons. The van der Waals surface area contributed by atoms with E-state index in [4.69, 9.17) is 0 Å². The fourth-order valence-electron chi connectivity index (χ4n) is 1.77. The topological polar surface area (TPSA) is 15.3 Å². The van der Waals surface area contributed by atoms with Crippen LogP contribution in [0.2, 0.25) is 0 Å². The lowest BCUT2D eigenvalue weighted by molar-refractivity contribution is 0.216. The highest BCUT2D eigenvalue weighted by Crippen LogP contribution is 2.06. The molecule has 0 aromatic heterocycles. The van der Waals surface area contributed by atoms with Gasteiger partial charge in [-0.15, -0.1) is 0 Å². The fraction of sp³-hybridized carbons (Fsp3) is 1.00. The monoisotopic (exact) mass is 170 g/mol. The van der Waals surface area contributed by atoms with Crippen molar-refractivity contribution in [1.29, 1.82) is 0 Å². The molecule has 1 rings (SSSR count). The van der Waals surface area contributed by atoms with Gasteiger partial charge in [-0.25, -0.2) is 0 Å². The molecule has 1 aliphatic rings. The maximum Gasteiger partial charge on any atom is 0.0192 e. The van der Waals surface area contributed by atoms with Crippen LogP contribution in [0.15, 0.2) is 0 Å². The summed E-state index contributed by atoms with van der Waals surface area (Å²) >= 11 is 0. The number of hydrogen-bond acceptors (Lipinski definition) is 2. The summed E-state index contributed by atoms with van der Waals surface area (Å²) in [7, 11) is 0. The quantitative estimate of drug-likeness (QED) is 0.675. The second kappa shape index (κ2) is 4.83. The van der Waals surface area contributed by atoms with Crippen molar-refractivity contribution in [2.24, 2.45) is 0 Å². The SMILES string of the molecule is CCC1CN(C(C)C)CCCN1. The third-order valence-electron chi connectivity index (χ3n) is 2.73. The maximum atomic E-state index is 3.57. The van der Waals surface area contributed by atoms with E-state index in [2.05, 4.69) is 31.0 Å². The van der Waals surface area contributed by atoms with Crippen molar-refractivity contribution in [1.82, 2.24) is 10.2 Å². The van der Waals surface area contributed by atoms with Crippen LogP contribution in [0.4, 0.5) is 0 Å². The minimum Gasteiger partial charge on any atom is -0.313 e. The Morgan fingerprint density at radius 2 is 2.25 bits per heavy atom. The Morgan fingerprint density at radius 1 is 1.50 bits per heavy atom. The van der Waals surface area contributed by atoms with E-state index in [1.165, 1.54) is 32.5 Å². The molecule has 0 saturated carbocycles. The van der Waals surface area contributed by atoms with Crippen molar-refractivity contribution >= 4 is 0 Å². The zero-order valence-corrected chi connectivity index (χ0v) is 8.64. The fourth-order valence-corrected chi connectivity index (χ4v) is 1.77. The molecule has 1 atom stereocenters. The van der Waals surface area contributed by atoms with Crippen LogP contribution in [0.3, 0.4) is 0 Å². The molecule has 1 fully saturated rings. The Labute approximate surface area is 76.3 Å². The molecule has 1 unspecified atom stereocenters. The van der Waals surface area contributed by atoms with Gasteiger partial charge in [0.1, 0.15) is 0 Å². The van der Waals surface area contributed by atoms with E-state index < -0.39 is 0 Å². The molecule has 2 heteroatoms. The lowest BCUT2D eigenvalue weighted by atomic mass is 10.2. The smallest absolute Gasteiger partial charge is 0.0192 e. The van der Waals surface area contributed by atoms with Crippen molar-refractivity contribution in [2.75, 3.05) is 19.6 Å². The van der Waals surface area contributed by atoms with Gasteiger partial charge in [0.25, 0.3) is 0 Å². The molecule has 0 aromatic carbocycles. The molecular formula is C10H22N2. The van der Waals surface area contributed by atoms with Gasteiger partial charge in [-0.2, -0.15) is 0 Å². The lowest BCUT2D eigenvalue weighted by Gasteiger charge is -2.27. The van der Waals surface area contributed by atoms with Crippen LogP contribution in [0.25, 0.3) is 0 Å². The first kappa shape index (κ1) is 10.0. The van der Waals surface area contributed by atoms with E-state index >= 15 is 0 Å². The van der Waals surface area contributed by atoms with Crippen molar-refractivity contribution < 1.29 is 0 Å². The minimum absolute atomic E-state index is 0.707. The van der Waals surface area contributed by atoms with Crippen molar-refractivity contribution in [3.63, 3.8) is 0 Å². The summed E-state index contributed by atoms with van der Waals surface area (Å²) in [6.45, 7) is 10.5. The third kappa shape index (κ3) is 2.76. The highest BCUT2D eigenvalue weighted by atomic mass is 15.2. The van der Waals surface area contributed by atoms with Crippen LogP contribution in [-0.2, 0) is 0 Å². The van der Waals surface area contributed by atoms with Crippen LogP contribution >= 0.6 is 0 Å². The van der Waals surface area contributed by atoms with Crippen molar-refractivity contribution in [3.8, 4) is 0 Å². The number of hydrogen-bond donors (Lipinski definition) is 1. The number of nitrogens with one attached hydrogen (secondary N) is 1. The first-order chi connectivity index (χ1) is 5.74. The standard InChI is InChI=1S/C10H22N2/c1-4-10-8-12(9(2)3)7-5-6-11-10/h9-11H,4-8H2,1-3H3. The molecule has 12 heavy (non-hydrogen) atoms. The summed E-state index contributed by atoms with van der Waals surface area (Å²) in [5.41, 5.74) is 0. The van der Waals surface area contributed by atoms with E-state index in [0.717, 1.165) is 6.04 Å². The van der Waals surface area contributed by atoms with E-state index in [9.17, 15) is 0 Å². The minimum atomic E-state index is 0.707. The summed E-state index contributed by atoms with van der Waals surface area (Å²) in [5, 5.41) is 3.57. The Balaban J connectivity index is 2.42. The lowest BCUT2D eigenvalue weighted by Crippen LogP contribution is -2.40. The van der Waals surface area contributed by atoms with E-state index in [1.807, 2.05) is 0 Å². The van der Waals surface area contributed by atoms with Gasteiger partial charge in [-0.1, -0.05) is 6.92 Å². The van der Waals surface area contributed by atoms with E-state index in [-0.39, 0.29) is 0 Å². The molecule has 1 saturated heterocycles. The molecule has 2 nitrogen and oxygen atoms in total. The largest absolute Gasteiger partial charge is 0.313 e. The van der Waals surface area contributed by atoms with Gasteiger partial charge in [0.2, 0.25) is 0 Å². The summed E-state index contributed by atoms with van der Waals surface area (Å²) in [6, 6.07) is 1.42. The van der Waals surface area contributed by atoms with Gasteiger partial charge in [-0.3, -0.25) is 4.90 Å². The summed E-state index contributed by atoms with van der Waals surface area (Å²) in [4.78, 5) is 2.58. The molecule has 72 valence electrons. The molecule has 0 aromatic rings. The maximum absolute atomic E-state index is 3.57. The Kier molecular flexibility index (Phi) is 4.02. The van der Waals surface area contributed by atoms with Gasteiger partial charge in [0.05, 0.1) is 0 Å². The number of nitrogens with zero attached hydrogens (tertiary/aromatic N) is 1. The van der Waals surface area contributed by atoms with Crippen molar-refractivity contribution in [2.45, 2.75) is 45.7 Å². The first-order valence-electron chi connectivity index (χ1n) is 5.21. The van der Waals surface area contributed by atoms with Gasteiger partial charge in [0.15, 0.2) is 0 Å². The predicted molar refractivity (Wildman–Crippen MR) is 53.4 cm³/mol. The van der Waals surface area contributed by atoms with Crippen LogP contribution in [0.5, 0.6) is 0 Å².